The third-order valence-electron chi connectivity index (χ3n) is 5.00. The lowest BCUT2D eigenvalue weighted by molar-refractivity contribution is 0.0995. The largest absolute Gasteiger partial charge is 0.495 e. The summed E-state index contributed by atoms with van der Waals surface area (Å²) in [5, 5.41) is 0. The highest BCUT2D eigenvalue weighted by atomic mass is 16.5. The van der Waals surface area contributed by atoms with E-state index in [0.29, 0.717) is 23.9 Å². The first-order valence-corrected chi connectivity index (χ1v) is 9.61. The van der Waals surface area contributed by atoms with E-state index in [1.807, 2.05) is 12.1 Å². The molecule has 3 heterocycles. The third kappa shape index (κ3) is 4.89. The standard InChI is InChI=1S/C22H25N5O3/c1-13(14(2)19-8-6-17(29-4)10-26-19)12-30-22-18(11-24-15(3)27-22)16-5-7-20(21(23)28)25-9-16/h5-11,13-14H,12H2,1-4H3,(H2,23,28)/t13-,14+/m1/s1. The van der Waals surface area contributed by atoms with Gasteiger partial charge in [0.1, 0.15) is 17.3 Å². The highest BCUT2D eigenvalue weighted by molar-refractivity contribution is 5.91. The number of hydrogen-bond donors (Lipinski definition) is 1. The van der Waals surface area contributed by atoms with Gasteiger partial charge in [0.15, 0.2) is 0 Å². The molecule has 30 heavy (non-hydrogen) atoms. The zero-order chi connectivity index (χ0) is 21.7. The first-order valence-electron chi connectivity index (χ1n) is 9.61. The van der Waals surface area contributed by atoms with Crippen molar-refractivity contribution >= 4 is 5.91 Å². The lowest BCUT2D eigenvalue weighted by Crippen LogP contribution is -2.17. The van der Waals surface area contributed by atoms with Crippen LogP contribution in [0.15, 0.2) is 42.9 Å². The van der Waals surface area contributed by atoms with Gasteiger partial charge in [0.2, 0.25) is 5.88 Å². The molecule has 0 unspecified atom stereocenters. The van der Waals surface area contributed by atoms with Gasteiger partial charge >= 0.3 is 0 Å². The first-order chi connectivity index (χ1) is 14.4. The average molecular weight is 407 g/mol. The first kappa shape index (κ1) is 21.2. The number of pyridine rings is 2. The average Bonchev–Trinajstić information content (AvgIpc) is 2.77. The normalized spacial score (nSPS) is 12.8. The molecule has 0 fully saturated rings. The molecular formula is C22H25N5O3. The van der Waals surface area contributed by atoms with Crippen LogP contribution >= 0.6 is 0 Å². The number of rotatable bonds is 8. The van der Waals surface area contributed by atoms with E-state index in [9.17, 15) is 4.79 Å². The Morgan fingerprint density at radius 3 is 2.47 bits per heavy atom. The molecule has 2 atom stereocenters. The third-order valence-corrected chi connectivity index (χ3v) is 5.00. The van der Waals surface area contributed by atoms with Gasteiger partial charge in [-0.25, -0.2) is 4.98 Å². The maximum absolute atomic E-state index is 11.3. The van der Waals surface area contributed by atoms with Crippen LogP contribution in [-0.2, 0) is 0 Å². The number of nitrogens with zero attached hydrogens (tertiary/aromatic N) is 4. The Kier molecular flexibility index (Phi) is 6.56. The van der Waals surface area contributed by atoms with E-state index in [1.54, 1.807) is 44.8 Å². The molecule has 8 heteroatoms. The summed E-state index contributed by atoms with van der Waals surface area (Å²) >= 11 is 0. The molecule has 1 amide bonds. The molecule has 0 saturated carbocycles. The molecule has 0 aliphatic carbocycles. The van der Waals surface area contributed by atoms with Gasteiger partial charge in [-0.3, -0.25) is 14.8 Å². The van der Waals surface area contributed by atoms with Crippen molar-refractivity contribution in [3.63, 3.8) is 0 Å². The summed E-state index contributed by atoms with van der Waals surface area (Å²) in [7, 11) is 1.62. The van der Waals surface area contributed by atoms with Gasteiger partial charge in [-0.2, -0.15) is 4.98 Å². The van der Waals surface area contributed by atoms with E-state index in [1.165, 1.54) is 0 Å². The van der Waals surface area contributed by atoms with Crippen molar-refractivity contribution in [3.05, 3.63) is 60.1 Å². The Labute approximate surface area is 175 Å². The molecule has 0 aromatic carbocycles. The van der Waals surface area contributed by atoms with E-state index in [4.69, 9.17) is 15.2 Å². The molecule has 0 bridgehead atoms. The second-order valence-corrected chi connectivity index (χ2v) is 7.13. The number of ether oxygens (including phenoxy) is 2. The van der Waals surface area contributed by atoms with Gasteiger partial charge in [-0.15, -0.1) is 0 Å². The van der Waals surface area contributed by atoms with Crippen LogP contribution in [0.5, 0.6) is 11.6 Å². The maximum atomic E-state index is 11.3. The summed E-state index contributed by atoms with van der Waals surface area (Å²) in [5.74, 6) is 1.59. The number of carbonyl (C=O) groups excluding carboxylic acids is 1. The number of nitrogens with two attached hydrogens (primary N) is 1. The number of aryl methyl sites for hydroxylation is 1. The van der Waals surface area contributed by atoms with E-state index in [-0.39, 0.29) is 17.5 Å². The number of hydrogen-bond acceptors (Lipinski definition) is 7. The summed E-state index contributed by atoms with van der Waals surface area (Å²) in [4.78, 5) is 28.5. The molecule has 3 rings (SSSR count). The summed E-state index contributed by atoms with van der Waals surface area (Å²) in [6.07, 6.45) is 4.97. The summed E-state index contributed by atoms with van der Waals surface area (Å²) < 4.78 is 11.2. The van der Waals surface area contributed by atoms with Crippen LogP contribution < -0.4 is 15.2 Å². The smallest absolute Gasteiger partial charge is 0.267 e. The van der Waals surface area contributed by atoms with Crippen LogP contribution in [0.2, 0.25) is 0 Å². The quantitative estimate of drug-likeness (QED) is 0.610. The molecule has 156 valence electrons. The summed E-state index contributed by atoms with van der Waals surface area (Å²) in [5.41, 5.74) is 7.87. The number of primary amides is 1. The Morgan fingerprint density at radius 2 is 1.87 bits per heavy atom. The highest BCUT2D eigenvalue weighted by Crippen LogP contribution is 2.29. The van der Waals surface area contributed by atoms with Crippen molar-refractivity contribution < 1.29 is 14.3 Å². The van der Waals surface area contributed by atoms with Gasteiger partial charge in [-0.1, -0.05) is 19.9 Å². The SMILES string of the molecule is COc1ccc([C@@H](C)[C@H](C)COc2nc(C)ncc2-c2ccc(C(N)=O)nc2)nc1. The van der Waals surface area contributed by atoms with Crippen molar-refractivity contribution in [1.82, 2.24) is 19.9 Å². The minimum Gasteiger partial charge on any atom is -0.495 e. The van der Waals surface area contributed by atoms with Crippen molar-refractivity contribution in [2.75, 3.05) is 13.7 Å². The monoisotopic (exact) mass is 407 g/mol. The molecule has 0 aliphatic rings. The van der Waals surface area contributed by atoms with Gasteiger partial charge in [-0.05, 0) is 31.0 Å². The number of amides is 1. The van der Waals surface area contributed by atoms with Gasteiger partial charge in [0.25, 0.3) is 5.91 Å². The predicted molar refractivity (Wildman–Crippen MR) is 112 cm³/mol. The molecule has 0 spiro atoms. The molecule has 0 aliphatic heterocycles. The Bertz CT molecular complexity index is 1010. The van der Waals surface area contributed by atoms with E-state index >= 15 is 0 Å². The maximum Gasteiger partial charge on any atom is 0.267 e. The fraction of sp³-hybridized carbons (Fsp3) is 0.318. The minimum absolute atomic E-state index is 0.179. The topological polar surface area (TPSA) is 113 Å². The lowest BCUT2D eigenvalue weighted by Gasteiger charge is -2.20. The van der Waals surface area contributed by atoms with Gasteiger partial charge in [0, 0.05) is 29.6 Å². The summed E-state index contributed by atoms with van der Waals surface area (Å²) in [6.45, 7) is 6.47. The summed E-state index contributed by atoms with van der Waals surface area (Å²) in [6, 6.07) is 7.19. The molecule has 3 aromatic rings. The zero-order valence-electron chi connectivity index (χ0n) is 17.5. The van der Waals surface area contributed by atoms with E-state index in [0.717, 1.165) is 17.0 Å². The van der Waals surface area contributed by atoms with Crippen LogP contribution in [-0.4, -0.2) is 39.6 Å². The van der Waals surface area contributed by atoms with Crippen LogP contribution in [0.4, 0.5) is 0 Å². The van der Waals surface area contributed by atoms with Crippen molar-refractivity contribution in [1.29, 1.82) is 0 Å². The van der Waals surface area contributed by atoms with Crippen LogP contribution in [0.25, 0.3) is 11.1 Å². The molecule has 3 aromatic heterocycles. The van der Waals surface area contributed by atoms with E-state index < -0.39 is 5.91 Å². The molecule has 0 radical (unpaired) electrons. The van der Waals surface area contributed by atoms with Gasteiger partial charge < -0.3 is 15.2 Å². The van der Waals surface area contributed by atoms with Crippen LogP contribution in [0.3, 0.4) is 0 Å². The fourth-order valence-corrected chi connectivity index (χ4v) is 2.88. The Morgan fingerprint density at radius 1 is 1.07 bits per heavy atom. The second-order valence-electron chi connectivity index (χ2n) is 7.13. The molecule has 8 nitrogen and oxygen atoms in total. The lowest BCUT2D eigenvalue weighted by atomic mass is 9.93. The number of aromatic nitrogens is 4. The number of carbonyl (C=O) groups is 1. The minimum atomic E-state index is -0.576. The Balaban J connectivity index is 1.75. The van der Waals surface area contributed by atoms with Crippen LogP contribution in [0, 0.1) is 12.8 Å². The molecule has 2 N–H and O–H groups in total. The second kappa shape index (κ2) is 9.30. The van der Waals surface area contributed by atoms with Gasteiger partial charge in [0.05, 0.1) is 25.5 Å². The van der Waals surface area contributed by atoms with Crippen LogP contribution in [0.1, 0.15) is 41.8 Å². The zero-order valence-corrected chi connectivity index (χ0v) is 17.5. The molecular weight excluding hydrogens is 382 g/mol. The Hall–Kier alpha value is -3.55. The fourth-order valence-electron chi connectivity index (χ4n) is 2.88. The molecule has 0 saturated heterocycles. The number of methoxy groups -OCH3 is 1. The van der Waals surface area contributed by atoms with Crippen molar-refractivity contribution in [2.45, 2.75) is 26.7 Å². The van der Waals surface area contributed by atoms with Crippen molar-refractivity contribution in [2.24, 2.45) is 11.7 Å². The van der Waals surface area contributed by atoms with E-state index in [2.05, 4.69) is 33.8 Å². The van der Waals surface area contributed by atoms with Crippen molar-refractivity contribution in [3.8, 4) is 22.8 Å². The highest BCUT2D eigenvalue weighted by Gasteiger charge is 2.19. The predicted octanol–water partition coefficient (Wildman–Crippen LogP) is 3.17.